The van der Waals surface area contributed by atoms with E-state index in [-0.39, 0.29) is 11.6 Å². The summed E-state index contributed by atoms with van der Waals surface area (Å²) in [6.07, 6.45) is 3.84. The summed E-state index contributed by atoms with van der Waals surface area (Å²) in [5.41, 5.74) is 6.41. The molecule has 0 saturated heterocycles. The monoisotopic (exact) mass is 550 g/mol. The molecule has 0 aliphatic heterocycles. The van der Waals surface area contributed by atoms with E-state index in [4.69, 9.17) is 4.84 Å². The molecule has 7 heteroatoms. The fourth-order valence-electron chi connectivity index (χ4n) is 5.30. The lowest BCUT2D eigenvalue weighted by molar-refractivity contribution is 0.0152. The largest absolute Gasteiger partial charge is 0.366 e. The summed E-state index contributed by atoms with van der Waals surface area (Å²) in [7, 11) is 0. The maximum Gasteiger partial charge on any atom is 0.356 e. The van der Waals surface area contributed by atoms with Crippen LogP contribution < -0.4 is 5.48 Å². The number of Topliss-reactive ketones (excluding diaryl/α,β-unsaturated/α-hetero) is 1. The van der Waals surface area contributed by atoms with E-state index in [0.29, 0.717) is 33.9 Å². The summed E-state index contributed by atoms with van der Waals surface area (Å²) in [6.45, 7) is 2.84. The van der Waals surface area contributed by atoms with Crippen molar-refractivity contribution in [3.63, 3.8) is 0 Å². The summed E-state index contributed by atoms with van der Waals surface area (Å²) in [5.74, 6) is -0.0156. The molecule has 2 aromatic heterocycles. The molecule has 0 radical (unpaired) electrons. The first kappa shape index (κ1) is 26.2. The molecule has 1 atom stereocenters. The molecule has 3 aromatic carbocycles. The quantitative estimate of drug-likeness (QED) is 0.139. The lowest BCUT2D eigenvalue weighted by atomic mass is 9.97. The van der Waals surface area contributed by atoms with Crippen LogP contribution in [0.15, 0.2) is 84.2 Å². The van der Waals surface area contributed by atoms with Gasteiger partial charge in [0.1, 0.15) is 6.04 Å². The van der Waals surface area contributed by atoms with Gasteiger partial charge in [0.25, 0.3) is 0 Å². The Labute approximate surface area is 236 Å². The number of rotatable bonds is 11. The van der Waals surface area contributed by atoms with Crippen LogP contribution in [-0.4, -0.2) is 28.1 Å². The van der Waals surface area contributed by atoms with Gasteiger partial charge in [-0.3, -0.25) is 9.59 Å². The molecule has 1 N–H and O–H groups in total. The van der Waals surface area contributed by atoms with Crippen LogP contribution in [-0.2, 0) is 11.4 Å². The highest BCUT2D eigenvalue weighted by Gasteiger charge is 2.28. The number of hydrogen-bond acceptors (Lipinski definition) is 6. The lowest BCUT2D eigenvalue weighted by Crippen LogP contribution is -2.38. The zero-order valence-electron chi connectivity index (χ0n) is 22.3. The van der Waals surface area contributed by atoms with Crippen LogP contribution in [0.3, 0.4) is 0 Å². The van der Waals surface area contributed by atoms with Crippen LogP contribution >= 0.6 is 11.3 Å². The Morgan fingerprint density at radius 2 is 1.60 bits per heavy atom. The van der Waals surface area contributed by atoms with E-state index in [9.17, 15) is 14.4 Å². The van der Waals surface area contributed by atoms with E-state index in [1.54, 1.807) is 24.3 Å². The zero-order valence-corrected chi connectivity index (χ0v) is 23.1. The Balaban J connectivity index is 1.32. The standard InChI is InChI=1S/C33H30N2O4S/c1-2-35-28-16-13-23(19-25(28)26-20-24(14-17-29(26)35)32(37)30-9-6-18-40-30)31(36)27(15-12-21-10-11-21)34-39-33(38)22-7-4-3-5-8-22/h3-9,13-14,16-21,27,34H,2,10-12,15H2,1H3. The summed E-state index contributed by atoms with van der Waals surface area (Å²) in [6, 6.07) is 23.3. The molecule has 0 bridgehead atoms. The summed E-state index contributed by atoms with van der Waals surface area (Å²) in [5, 5.41) is 3.76. The predicted octanol–water partition coefficient (Wildman–Crippen LogP) is 7.21. The number of benzene rings is 3. The van der Waals surface area contributed by atoms with E-state index < -0.39 is 12.0 Å². The molecular formula is C33H30N2O4S. The van der Waals surface area contributed by atoms with Crippen LogP contribution in [0.4, 0.5) is 0 Å². The minimum absolute atomic E-state index is 0.00824. The van der Waals surface area contributed by atoms with Crippen molar-refractivity contribution in [1.29, 1.82) is 0 Å². The summed E-state index contributed by atoms with van der Waals surface area (Å²) >= 11 is 1.43. The van der Waals surface area contributed by atoms with Gasteiger partial charge in [0.2, 0.25) is 5.78 Å². The number of carbonyl (C=O) groups excluding carboxylic acids is 3. The van der Waals surface area contributed by atoms with Crippen molar-refractivity contribution in [2.75, 3.05) is 0 Å². The molecule has 1 fully saturated rings. The van der Waals surface area contributed by atoms with Gasteiger partial charge < -0.3 is 9.40 Å². The van der Waals surface area contributed by atoms with Gasteiger partial charge in [-0.2, -0.15) is 0 Å². The zero-order chi connectivity index (χ0) is 27.6. The fraction of sp³-hybridized carbons (Fsp3) is 0.242. The fourth-order valence-corrected chi connectivity index (χ4v) is 5.99. The molecule has 1 aliphatic carbocycles. The third-order valence-corrected chi connectivity index (χ3v) is 8.52. The second-order valence-electron chi connectivity index (χ2n) is 10.3. The first-order chi connectivity index (χ1) is 19.5. The number of carbonyl (C=O) groups is 3. The summed E-state index contributed by atoms with van der Waals surface area (Å²) in [4.78, 5) is 45.5. The SMILES string of the molecule is CCn1c2ccc(C(=O)c3cccs3)cc2c2cc(C(=O)C(CCC3CC3)NOC(=O)c3ccccc3)ccc21. The highest BCUT2D eigenvalue weighted by atomic mass is 32.1. The first-order valence-electron chi connectivity index (χ1n) is 13.7. The Morgan fingerprint density at radius 1 is 0.900 bits per heavy atom. The van der Waals surface area contributed by atoms with Gasteiger partial charge in [0, 0.05) is 39.5 Å². The molecule has 0 spiro atoms. The van der Waals surface area contributed by atoms with Gasteiger partial charge in [0.05, 0.1) is 10.4 Å². The van der Waals surface area contributed by atoms with Crippen molar-refractivity contribution < 1.29 is 19.2 Å². The van der Waals surface area contributed by atoms with Gasteiger partial charge in [-0.25, -0.2) is 4.79 Å². The second kappa shape index (κ2) is 11.2. The number of aromatic nitrogens is 1. The normalized spacial score (nSPS) is 13.9. The van der Waals surface area contributed by atoms with E-state index in [1.807, 2.05) is 60.0 Å². The van der Waals surface area contributed by atoms with Crippen LogP contribution in [0, 0.1) is 5.92 Å². The highest BCUT2D eigenvalue weighted by molar-refractivity contribution is 7.12. The van der Waals surface area contributed by atoms with E-state index in [1.165, 1.54) is 24.2 Å². The average Bonchev–Trinajstić information content (AvgIpc) is 3.55. The minimum atomic E-state index is -0.652. The maximum atomic E-state index is 13.8. The Kier molecular flexibility index (Phi) is 7.32. The van der Waals surface area contributed by atoms with E-state index in [2.05, 4.69) is 17.0 Å². The lowest BCUT2D eigenvalue weighted by Gasteiger charge is -2.17. The van der Waals surface area contributed by atoms with Crippen molar-refractivity contribution in [3.8, 4) is 0 Å². The van der Waals surface area contributed by atoms with E-state index >= 15 is 0 Å². The molecule has 1 aliphatic rings. The number of ketones is 2. The van der Waals surface area contributed by atoms with Crippen molar-refractivity contribution in [3.05, 3.63) is 106 Å². The number of thiophene rings is 1. The molecule has 6 rings (SSSR count). The average molecular weight is 551 g/mol. The van der Waals surface area contributed by atoms with Crippen LogP contribution in [0.2, 0.25) is 0 Å². The maximum absolute atomic E-state index is 13.8. The van der Waals surface area contributed by atoms with Gasteiger partial charge in [-0.05, 0) is 85.7 Å². The number of nitrogens with zero attached hydrogens (tertiary/aromatic N) is 1. The number of hydrogen-bond donors (Lipinski definition) is 1. The molecule has 202 valence electrons. The van der Waals surface area contributed by atoms with Crippen molar-refractivity contribution in [1.82, 2.24) is 10.0 Å². The van der Waals surface area contributed by atoms with Gasteiger partial charge in [-0.1, -0.05) is 37.1 Å². The Morgan fingerprint density at radius 3 is 2.25 bits per heavy atom. The molecule has 1 saturated carbocycles. The number of fused-ring (bicyclic) bond motifs is 3. The second-order valence-corrected chi connectivity index (χ2v) is 11.3. The molecule has 0 amide bonds. The molecule has 2 heterocycles. The third kappa shape index (κ3) is 5.22. The smallest absolute Gasteiger partial charge is 0.356 e. The molecule has 40 heavy (non-hydrogen) atoms. The third-order valence-electron chi connectivity index (χ3n) is 7.65. The number of nitrogens with one attached hydrogen (secondary N) is 1. The van der Waals surface area contributed by atoms with Crippen molar-refractivity contribution in [2.45, 2.75) is 45.2 Å². The van der Waals surface area contributed by atoms with Gasteiger partial charge in [0.15, 0.2) is 5.78 Å². The Hall–Kier alpha value is -4.07. The molecule has 6 nitrogen and oxygen atoms in total. The van der Waals surface area contributed by atoms with Crippen LogP contribution in [0.1, 0.15) is 68.6 Å². The number of aryl methyl sites for hydroxylation is 1. The summed E-state index contributed by atoms with van der Waals surface area (Å²) < 4.78 is 2.20. The molecule has 1 unspecified atom stereocenters. The first-order valence-corrected chi connectivity index (χ1v) is 14.6. The highest BCUT2D eigenvalue weighted by Crippen LogP contribution is 2.35. The molecule has 5 aromatic rings. The van der Waals surface area contributed by atoms with Crippen LogP contribution in [0.25, 0.3) is 21.8 Å². The Bertz CT molecular complexity index is 1700. The molecular weight excluding hydrogens is 520 g/mol. The van der Waals surface area contributed by atoms with Gasteiger partial charge in [-0.15, -0.1) is 16.8 Å². The predicted molar refractivity (Wildman–Crippen MR) is 158 cm³/mol. The number of hydroxylamine groups is 1. The van der Waals surface area contributed by atoms with Gasteiger partial charge >= 0.3 is 5.97 Å². The van der Waals surface area contributed by atoms with Crippen molar-refractivity contribution in [2.24, 2.45) is 5.92 Å². The topological polar surface area (TPSA) is 77.4 Å². The van der Waals surface area contributed by atoms with Crippen LogP contribution in [0.5, 0.6) is 0 Å². The van der Waals surface area contributed by atoms with Crippen molar-refractivity contribution >= 4 is 50.7 Å². The minimum Gasteiger partial charge on any atom is -0.366 e. The van der Waals surface area contributed by atoms with E-state index in [0.717, 1.165) is 34.8 Å².